The third-order valence-corrected chi connectivity index (χ3v) is 4.88. The molecule has 6 nitrogen and oxygen atoms in total. The third kappa shape index (κ3) is 2.83. The molecule has 0 N–H and O–H groups in total. The molecule has 1 aliphatic heterocycles. The lowest BCUT2D eigenvalue weighted by Gasteiger charge is -2.14. The molecule has 3 heterocycles. The van der Waals surface area contributed by atoms with Crippen molar-refractivity contribution in [2.75, 3.05) is 13.1 Å². The number of nitrogens with zero attached hydrogens (tertiary/aromatic N) is 5. The highest BCUT2D eigenvalue weighted by molar-refractivity contribution is 7.13. The zero-order valence-electron chi connectivity index (χ0n) is 12.5. The summed E-state index contributed by atoms with van der Waals surface area (Å²) in [5.74, 6) is 0.299. The van der Waals surface area contributed by atoms with Crippen LogP contribution in [0.25, 0.3) is 0 Å². The van der Waals surface area contributed by atoms with Gasteiger partial charge in [-0.2, -0.15) is 5.10 Å². The minimum Gasteiger partial charge on any atom is -0.334 e. The topological polar surface area (TPSA) is 63.9 Å². The second kappa shape index (κ2) is 5.55. The van der Waals surface area contributed by atoms with Crippen LogP contribution in [0.5, 0.6) is 0 Å². The predicted molar refractivity (Wildman–Crippen MR) is 80.5 cm³/mol. The Bertz CT molecular complexity index is 647. The number of likely N-dealkylation sites (tertiary alicyclic amines) is 1. The molecule has 112 valence electrons. The van der Waals surface area contributed by atoms with Crippen LogP contribution in [-0.2, 0) is 0 Å². The lowest BCUT2D eigenvalue weighted by atomic mass is 10.2. The number of carbonyl (C=O) groups is 1. The van der Waals surface area contributed by atoms with Crippen molar-refractivity contribution in [1.29, 1.82) is 0 Å². The largest absolute Gasteiger partial charge is 0.334 e. The molecule has 2 aromatic heterocycles. The van der Waals surface area contributed by atoms with Crippen molar-refractivity contribution in [2.24, 2.45) is 0 Å². The summed E-state index contributed by atoms with van der Waals surface area (Å²) in [6, 6.07) is 0.264. The van der Waals surface area contributed by atoms with Gasteiger partial charge < -0.3 is 4.90 Å². The Hall–Kier alpha value is -1.76. The van der Waals surface area contributed by atoms with Gasteiger partial charge in [0, 0.05) is 25.2 Å². The highest BCUT2D eigenvalue weighted by atomic mass is 32.1. The smallest absolute Gasteiger partial charge is 0.284 e. The zero-order valence-corrected chi connectivity index (χ0v) is 13.3. The molecule has 2 aromatic rings. The number of aromatic nitrogens is 4. The number of aryl methyl sites for hydroxylation is 1. The standard InChI is InChI=1S/C14H19N5OS/c1-9(2)12-16-17-13(21-12)14(20)18-5-4-11(8-18)19-7-10(3)6-15-19/h6-7,9,11H,4-5,8H2,1-3H3. The molecule has 1 atom stereocenters. The Balaban J connectivity index is 1.69. The van der Waals surface area contributed by atoms with Crippen molar-refractivity contribution in [1.82, 2.24) is 24.9 Å². The molecule has 1 aliphatic rings. The van der Waals surface area contributed by atoms with Crippen LogP contribution in [0, 0.1) is 6.92 Å². The minimum atomic E-state index is -0.00854. The fraction of sp³-hybridized carbons (Fsp3) is 0.571. The average molecular weight is 305 g/mol. The molecule has 0 bridgehead atoms. The molecule has 21 heavy (non-hydrogen) atoms. The van der Waals surface area contributed by atoms with E-state index in [0.717, 1.165) is 23.5 Å². The van der Waals surface area contributed by atoms with Gasteiger partial charge >= 0.3 is 0 Å². The van der Waals surface area contributed by atoms with Gasteiger partial charge in [-0.3, -0.25) is 9.48 Å². The Morgan fingerprint density at radius 3 is 2.86 bits per heavy atom. The number of rotatable bonds is 3. The Labute approximate surface area is 127 Å². The lowest BCUT2D eigenvalue weighted by molar-refractivity contribution is 0.0786. The van der Waals surface area contributed by atoms with Crippen LogP contribution in [0.2, 0.25) is 0 Å². The Morgan fingerprint density at radius 1 is 1.43 bits per heavy atom. The molecule has 1 amide bonds. The normalized spacial score (nSPS) is 18.7. The van der Waals surface area contributed by atoms with Crippen molar-refractivity contribution in [3.05, 3.63) is 28.0 Å². The highest BCUT2D eigenvalue weighted by Gasteiger charge is 2.30. The third-order valence-electron chi connectivity index (χ3n) is 3.67. The van der Waals surface area contributed by atoms with Crippen molar-refractivity contribution in [3.63, 3.8) is 0 Å². The fourth-order valence-corrected chi connectivity index (χ4v) is 3.28. The number of amides is 1. The van der Waals surface area contributed by atoms with Gasteiger partial charge in [0.05, 0.1) is 12.2 Å². The van der Waals surface area contributed by atoms with Crippen molar-refractivity contribution in [3.8, 4) is 0 Å². The van der Waals surface area contributed by atoms with Gasteiger partial charge in [0.2, 0.25) is 5.01 Å². The van der Waals surface area contributed by atoms with Gasteiger partial charge in [0.25, 0.3) is 5.91 Å². The van der Waals surface area contributed by atoms with Crippen LogP contribution in [-0.4, -0.2) is 43.9 Å². The first-order valence-corrected chi connectivity index (χ1v) is 7.99. The summed E-state index contributed by atoms with van der Waals surface area (Å²) < 4.78 is 1.96. The Morgan fingerprint density at radius 2 is 2.24 bits per heavy atom. The maximum atomic E-state index is 12.5. The highest BCUT2D eigenvalue weighted by Crippen LogP contribution is 2.25. The van der Waals surface area contributed by atoms with Crippen LogP contribution < -0.4 is 0 Å². The predicted octanol–water partition coefficient (Wildman–Crippen LogP) is 2.25. The summed E-state index contributed by atoms with van der Waals surface area (Å²) in [7, 11) is 0. The molecule has 7 heteroatoms. The first kappa shape index (κ1) is 14.2. The van der Waals surface area contributed by atoms with E-state index in [1.807, 2.05) is 28.9 Å². The van der Waals surface area contributed by atoms with Gasteiger partial charge in [-0.15, -0.1) is 10.2 Å². The van der Waals surface area contributed by atoms with Crippen LogP contribution in [0.15, 0.2) is 12.4 Å². The van der Waals surface area contributed by atoms with Crippen molar-refractivity contribution in [2.45, 2.75) is 39.2 Å². The van der Waals surface area contributed by atoms with Gasteiger partial charge in [0.15, 0.2) is 0 Å². The van der Waals surface area contributed by atoms with Crippen LogP contribution in [0.3, 0.4) is 0 Å². The van der Waals surface area contributed by atoms with E-state index in [1.54, 1.807) is 0 Å². The first-order chi connectivity index (χ1) is 10.0. The summed E-state index contributed by atoms with van der Waals surface area (Å²) in [6.07, 6.45) is 4.81. The SMILES string of the molecule is Cc1cnn(C2CCN(C(=O)c3nnc(C(C)C)s3)C2)c1. The summed E-state index contributed by atoms with van der Waals surface area (Å²) >= 11 is 1.40. The molecule has 0 radical (unpaired) electrons. The monoisotopic (exact) mass is 305 g/mol. The van der Waals surface area contributed by atoms with E-state index in [-0.39, 0.29) is 11.9 Å². The van der Waals surface area contributed by atoms with Gasteiger partial charge in [-0.1, -0.05) is 25.2 Å². The summed E-state index contributed by atoms with van der Waals surface area (Å²) in [5.41, 5.74) is 1.14. The van der Waals surface area contributed by atoms with Gasteiger partial charge in [0.1, 0.15) is 5.01 Å². The number of hydrogen-bond acceptors (Lipinski definition) is 5. The minimum absolute atomic E-state index is 0.00854. The quantitative estimate of drug-likeness (QED) is 0.872. The number of carbonyl (C=O) groups excluding carboxylic acids is 1. The molecule has 1 saturated heterocycles. The molecular weight excluding hydrogens is 286 g/mol. The van der Waals surface area contributed by atoms with Gasteiger partial charge in [-0.25, -0.2) is 0 Å². The summed E-state index contributed by atoms with van der Waals surface area (Å²) in [4.78, 5) is 14.3. The second-order valence-electron chi connectivity index (χ2n) is 5.79. The molecule has 1 fully saturated rings. The van der Waals surface area contributed by atoms with Crippen LogP contribution in [0.4, 0.5) is 0 Å². The molecule has 0 saturated carbocycles. The summed E-state index contributed by atoms with van der Waals surface area (Å²) in [6.45, 7) is 7.58. The van der Waals surface area contributed by atoms with Gasteiger partial charge in [-0.05, 0) is 18.9 Å². The molecular formula is C14H19N5OS. The lowest BCUT2D eigenvalue weighted by Crippen LogP contribution is -2.29. The van der Waals surface area contributed by atoms with E-state index in [9.17, 15) is 4.79 Å². The number of hydrogen-bond donors (Lipinski definition) is 0. The van der Waals surface area contributed by atoms with Crippen LogP contribution in [0.1, 0.15) is 52.6 Å². The van der Waals surface area contributed by atoms with E-state index in [0.29, 0.717) is 17.5 Å². The summed E-state index contributed by atoms with van der Waals surface area (Å²) in [5, 5.41) is 13.9. The van der Waals surface area contributed by atoms with Crippen LogP contribution >= 0.6 is 11.3 Å². The molecule has 0 aliphatic carbocycles. The van der Waals surface area contributed by atoms with E-state index >= 15 is 0 Å². The molecule has 0 aromatic carbocycles. The maximum absolute atomic E-state index is 12.5. The van der Waals surface area contributed by atoms with E-state index in [1.165, 1.54) is 11.3 Å². The van der Waals surface area contributed by atoms with E-state index < -0.39 is 0 Å². The molecule has 1 unspecified atom stereocenters. The van der Waals surface area contributed by atoms with E-state index in [4.69, 9.17) is 0 Å². The molecule has 0 spiro atoms. The zero-order chi connectivity index (χ0) is 15.0. The van der Waals surface area contributed by atoms with Crippen molar-refractivity contribution >= 4 is 17.2 Å². The maximum Gasteiger partial charge on any atom is 0.284 e. The Kier molecular flexibility index (Phi) is 3.75. The first-order valence-electron chi connectivity index (χ1n) is 7.18. The van der Waals surface area contributed by atoms with Crippen molar-refractivity contribution < 1.29 is 4.79 Å². The fourth-order valence-electron chi connectivity index (χ4n) is 2.46. The second-order valence-corrected chi connectivity index (χ2v) is 6.80. The van der Waals surface area contributed by atoms with E-state index in [2.05, 4.69) is 29.1 Å². The molecule has 3 rings (SSSR count). The average Bonchev–Trinajstić information content (AvgIpc) is 3.17.